The van der Waals surface area contributed by atoms with Gasteiger partial charge < -0.3 is 19.1 Å². The molecule has 1 saturated heterocycles. The van der Waals surface area contributed by atoms with Crippen molar-refractivity contribution in [3.8, 4) is 17.2 Å². The largest absolute Gasteiger partial charge is 0.493 e. The van der Waals surface area contributed by atoms with Crippen molar-refractivity contribution in [2.75, 3.05) is 27.9 Å². The van der Waals surface area contributed by atoms with Gasteiger partial charge >= 0.3 is 0 Å². The molecule has 3 rings (SSSR count). The minimum atomic E-state index is 0.113. The van der Waals surface area contributed by atoms with Crippen LogP contribution in [0.4, 0.5) is 0 Å². The van der Waals surface area contributed by atoms with Crippen LogP contribution >= 0.6 is 0 Å². The minimum Gasteiger partial charge on any atom is -0.493 e. The van der Waals surface area contributed by atoms with Crippen LogP contribution in [-0.4, -0.2) is 44.7 Å². The summed E-state index contributed by atoms with van der Waals surface area (Å²) in [6, 6.07) is 4.12. The number of amides is 1. The Labute approximate surface area is 175 Å². The van der Waals surface area contributed by atoms with Crippen LogP contribution < -0.4 is 14.2 Å². The number of carbonyl (C=O) groups is 1. The van der Waals surface area contributed by atoms with E-state index in [1.165, 1.54) is 32.1 Å². The molecule has 160 valence electrons. The average Bonchev–Trinajstić information content (AvgIpc) is 2.77. The van der Waals surface area contributed by atoms with Crippen LogP contribution in [0.3, 0.4) is 0 Å². The summed E-state index contributed by atoms with van der Waals surface area (Å²) >= 11 is 0. The van der Waals surface area contributed by atoms with Crippen molar-refractivity contribution in [3.05, 3.63) is 23.8 Å². The lowest BCUT2D eigenvalue weighted by Crippen LogP contribution is -2.47. The zero-order valence-electron chi connectivity index (χ0n) is 18.3. The van der Waals surface area contributed by atoms with Gasteiger partial charge in [0.25, 0.3) is 0 Å². The Morgan fingerprint density at radius 3 is 2.21 bits per heavy atom. The van der Waals surface area contributed by atoms with E-state index in [0.29, 0.717) is 29.2 Å². The molecule has 1 aliphatic carbocycles. The Morgan fingerprint density at radius 2 is 1.62 bits per heavy atom. The van der Waals surface area contributed by atoms with Gasteiger partial charge in [-0.05, 0) is 67.7 Å². The summed E-state index contributed by atoms with van der Waals surface area (Å²) in [7, 11) is 4.78. The molecule has 0 bridgehead atoms. The Balaban J connectivity index is 1.74. The van der Waals surface area contributed by atoms with Gasteiger partial charge in [-0.1, -0.05) is 19.8 Å². The second kappa shape index (κ2) is 10.0. The number of likely N-dealkylation sites (tertiary alicyclic amines) is 1. The van der Waals surface area contributed by atoms with Crippen molar-refractivity contribution in [1.29, 1.82) is 0 Å². The highest BCUT2D eigenvalue weighted by atomic mass is 16.5. The van der Waals surface area contributed by atoms with Gasteiger partial charge in [-0.15, -0.1) is 0 Å². The number of piperidine rings is 1. The van der Waals surface area contributed by atoms with E-state index in [1.807, 2.05) is 18.2 Å². The number of hydrogen-bond donors (Lipinski definition) is 0. The van der Waals surface area contributed by atoms with Gasteiger partial charge in [-0.25, -0.2) is 0 Å². The second-order valence-electron chi connectivity index (χ2n) is 8.41. The molecule has 1 atom stereocenters. The Bertz CT molecular complexity index is 697. The Morgan fingerprint density at radius 1 is 0.966 bits per heavy atom. The molecule has 5 nitrogen and oxygen atoms in total. The molecule has 0 aromatic heterocycles. The van der Waals surface area contributed by atoms with Crippen LogP contribution in [0.5, 0.6) is 17.2 Å². The fourth-order valence-corrected chi connectivity index (χ4v) is 4.85. The van der Waals surface area contributed by atoms with Crippen molar-refractivity contribution in [3.63, 3.8) is 0 Å². The molecule has 1 unspecified atom stereocenters. The first-order valence-electron chi connectivity index (χ1n) is 10.9. The molecule has 1 heterocycles. The highest BCUT2D eigenvalue weighted by Crippen LogP contribution is 2.39. The number of methoxy groups -OCH3 is 3. The quantitative estimate of drug-likeness (QED) is 0.634. The first-order valence-corrected chi connectivity index (χ1v) is 10.9. The van der Waals surface area contributed by atoms with Crippen LogP contribution in [0.15, 0.2) is 18.2 Å². The number of ether oxygens (including phenoxy) is 3. The highest BCUT2D eigenvalue weighted by Gasteiger charge is 2.33. The molecule has 1 aromatic rings. The third-order valence-corrected chi connectivity index (χ3v) is 6.54. The molecule has 0 spiro atoms. The van der Waals surface area contributed by atoms with Crippen molar-refractivity contribution >= 4 is 12.0 Å². The van der Waals surface area contributed by atoms with E-state index < -0.39 is 0 Å². The molecule has 0 radical (unpaired) electrons. The van der Waals surface area contributed by atoms with Crippen LogP contribution in [0.2, 0.25) is 0 Å². The third kappa shape index (κ3) is 5.06. The molecule has 2 aliphatic rings. The average molecular weight is 402 g/mol. The van der Waals surface area contributed by atoms with E-state index in [4.69, 9.17) is 14.2 Å². The zero-order chi connectivity index (χ0) is 20.8. The summed E-state index contributed by atoms with van der Waals surface area (Å²) in [5.74, 6) is 3.34. The second-order valence-corrected chi connectivity index (χ2v) is 8.41. The molecule has 1 amide bonds. The van der Waals surface area contributed by atoms with Gasteiger partial charge in [0, 0.05) is 18.7 Å². The summed E-state index contributed by atoms with van der Waals surface area (Å²) < 4.78 is 16.2. The predicted octanol–water partition coefficient (Wildman–Crippen LogP) is 4.93. The fourth-order valence-electron chi connectivity index (χ4n) is 4.85. The van der Waals surface area contributed by atoms with Gasteiger partial charge in [-0.3, -0.25) is 4.79 Å². The lowest BCUT2D eigenvalue weighted by molar-refractivity contribution is -0.131. The number of carbonyl (C=O) groups excluding carboxylic acids is 1. The van der Waals surface area contributed by atoms with Gasteiger partial charge in [0.15, 0.2) is 11.5 Å². The summed E-state index contributed by atoms with van der Waals surface area (Å²) in [5.41, 5.74) is 0.855. The van der Waals surface area contributed by atoms with Crippen LogP contribution in [0.25, 0.3) is 6.08 Å². The van der Waals surface area contributed by atoms with E-state index in [0.717, 1.165) is 30.9 Å². The Kier molecular flexibility index (Phi) is 7.45. The molecular weight excluding hydrogens is 366 g/mol. The molecule has 1 aliphatic heterocycles. The molecule has 5 heteroatoms. The van der Waals surface area contributed by atoms with E-state index in [2.05, 4.69) is 11.8 Å². The molecule has 1 saturated carbocycles. The molecule has 0 N–H and O–H groups in total. The molecule has 1 aromatic carbocycles. The SMILES string of the molecule is COc1cc(/C=C/C(=O)N2CCCCC2C2CCC(C)CC2)cc(OC)c1OC. The third-order valence-electron chi connectivity index (χ3n) is 6.54. The monoisotopic (exact) mass is 401 g/mol. The summed E-state index contributed by atoms with van der Waals surface area (Å²) in [6.07, 6.45) is 12.1. The maximum Gasteiger partial charge on any atom is 0.246 e. The topological polar surface area (TPSA) is 48.0 Å². The van der Waals surface area contributed by atoms with Gasteiger partial charge in [0.2, 0.25) is 11.7 Å². The van der Waals surface area contributed by atoms with Gasteiger partial charge in [0.1, 0.15) is 0 Å². The molecule has 29 heavy (non-hydrogen) atoms. The number of benzene rings is 1. The fraction of sp³-hybridized carbons (Fsp3) is 0.625. The maximum absolute atomic E-state index is 13.1. The summed E-state index contributed by atoms with van der Waals surface area (Å²) in [5, 5.41) is 0. The predicted molar refractivity (Wildman–Crippen MR) is 116 cm³/mol. The van der Waals surface area contributed by atoms with E-state index in [9.17, 15) is 4.79 Å². The van der Waals surface area contributed by atoms with Crippen LogP contribution in [0, 0.1) is 11.8 Å². The molecule has 2 fully saturated rings. The van der Waals surface area contributed by atoms with E-state index in [1.54, 1.807) is 27.4 Å². The lowest BCUT2D eigenvalue weighted by Gasteiger charge is -2.42. The van der Waals surface area contributed by atoms with Crippen LogP contribution in [-0.2, 0) is 4.79 Å². The van der Waals surface area contributed by atoms with E-state index >= 15 is 0 Å². The van der Waals surface area contributed by atoms with Crippen molar-refractivity contribution in [2.45, 2.75) is 57.9 Å². The van der Waals surface area contributed by atoms with Crippen LogP contribution in [0.1, 0.15) is 57.4 Å². The number of nitrogens with zero attached hydrogens (tertiary/aromatic N) is 1. The smallest absolute Gasteiger partial charge is 0.246 e. The Hall–Kier alpha value is -2.17. The van der Waals surface area contributed by atoms with Crippen molar-refractivity contribution in [2.24, 2.45) is 11.8 Å². The maximum atomic E-state index is 13.1. The number of hydrogen-bond acceptors (Lipinski definition) is 4. The van der Waals surface area contributed by atoms with Gasteiger partial charge in [0.05, 0.1) is 21.3 Å². The lowest BCUT2D eigenvalue weighted by atomic mass is 9.76. The normalized spacial score (nSPS) is 25.1. The molecular formula is C24H35NO4. The summed E-state index contributed by atoms with van der Waals surface area (Å²) in [4.78, 5) is 15.2. The minimum absolute atomic E-state index is 0.113. The standard InChI is InChI=1S/C24H35NO4/c1-17-8-11-19(12-9-17)20-7-5-6-14-25(20)23(26)13-10-18-15-21(27-2)24(29-4)22(16-18)28-3/h10,13,15-17,19-20H,5-9,11-12,14H2,1-4H3/b13-10+. The zero-order valence-corrected chi connectivity index (χ0v) is 18.3. The highest BCUT2D eigenvalue weighted by molar-refractivity contribution is 5.92. The van der Waals surface area contributed by atoms with Gasteiger partial charge in [-0.2, -0.15) is 0 Å². The number of rotatable bonds is 6. The first kappa shape index (κ1) is 21.5. The first-order chi connectivity index (χ1) is 14.1. The summed E-state index contributed by atoms with van der Waals surface area (Å²) in [6.45, 7) is 3.22. The van der Waals surface area contributed by atoms with Crippen molar-refractivity contribution < 1.29 is 19.0 Å². The van der Waals surface area contributed by atoms with Crippen molar-refractivity contribution in [1.82, 2.24) is 4.90 Å². The van der Waals surface area contributed by atoms with E-state index in [-0.39, 0.29) is 5.91 Å².